The van der Waals surface area contributed by atoms with Crippen LogP contribution in [0.25, 0.3) is 0 Å². The lowest BCUT2D eigenvalue weighted by Gasteiger charge is -2.20. The molecule has 0 saturated heterocycles. The highest BCUT2D eigenvalue weighted by Crippen LogP contribution is 2.29. The second-order valence-corrected chi connectivity index (χ2v) is 5.42. The Morgan fingerprint density at radius 3 is 2.89 bits per heavy atom. The number of rotatable bonds is 4. The Bertz CT molecular complexity index is 530. The van der Waals surface area contributed by atoms with E-state index in [-0.39, 0.29) is 5.82 Å². The number of benzene rings is 1. The Kier molecular flexibility index (Phi) is 4.31. The van der Waals surface area contributed by atoms with Crippen LogP contribution >= 0.6 is 27.3 Å². The highest BCUT2D eigenvalue weighted by molar-refractivity contribution is 9.10. The Hall–Kier alpha value is -0.980. The van der Waals surface area contributed by atoms with Gasteiger partial charge in [0.25, 0.3) is 0 Å². The van der Waals surface area contributed by atoms with Crippen LogP contribution in [-0.2, 0) is 13.1 Å². The minimum atomic E-state index is -0.282. The molecule has 0 spiro atoms. The van der Waals surface area contributed by atoms with Gasteiger partial charge in [-0.25, -0.2) is 9.37 Å². The molecule has 1 aromatic carbocycles. The number of hydrogen-bond acceptors (Lipinski definition) is 4. The van der Waals surface area contributed by atoms with E-state index in [0.29, 0.717) is 23.2 Å². The summed E-state index contributed by atoms with van der Waals surface area (Å²) < 4.78 is 14.6. The van der Waals surface area contributed by atoms with Gasteiger partial charge in [0.15, 0.2) is 5.82 Å². The fourth-order valence-electron chi connectivity index (χ4n) is 1.68. The number of hydrogen-bond donors (Lipinski definition) is 1. The van der Waals surface area contributed by atoms with E-state index in [1.807, 2.05) is 23.4 Å². The van der Waals surface area contributed by atoms with Crippen LogP contribution < -0.4 is 10.6 Å². The quantitative estimate of drug-likeness (QED) is 0.936. The van der Waals surface area contributed by atoms with E-state index in [4.69, 9.17) is 5.73 Å². The van der Waals surface area contributed by atoms with Crippen LogP contribution in [0, 0.1) is 5.82 Å². The summed E-state index contributed by atoms with van der Waals surface area (Å²) in [4.78, 5) is 6.02. The summed E-state index contributed by atoms with van der Waals surface area (Å²) in [5.74, 6) is -0.282. The Morgan fingerprint density at radius 1 is 1.50 bits per heavy atom. The second kappa shape index (κ2) is 5.77. The molecular formula is C12H13BrFN3S. The number of halogens is 2. The second-order valence-electron chi connectivity index (χ2n) is 3.91. The van der Waals surface area contributed by atoms with Crippen LogP contribution in [0.2, 0.25) is 0 Å². The average molecular weight is 330 g/mol. The van der Waals surface area contributed by atoms with Crippen LogP contribution in [0.15, 0.2) is 27.5 Å². The van der Waals surface area contributed by atoms with Crippen molar-refractivity contribution >= 4 is 33.0 Å². The maximum absolute atomic E-state index is 14.2. The Labute approximate surface area is 118 Å². The lowest BCUT2D eigenvalue weighted by atomic mass is 10.2. The summed E-state index contributed by atoms with van der Waals surface area (Å²) >= 11 is 4.78. The molecule has 96 valence electrons. The molecule has 0 aliphatic heterocycles. The molecular weight excluding hydrogens is 317 g/mol. The molecule has 0 radical (unpaired) electrons. The van der Waals surface area contributed by atoms with Crippen molar-refractivity contribution in [3.63, 3.8) is 0 Å². The van der Waals surface area contributed by atoms with Crippen molar-refractivity contribution in [1.29, 1.82) is 0 Å². The van der Waals surface area contributed by atoms with Gasteiger partial charge < -0.3 is 10.6 Å². The van der Waals surface area contributed by atoms with Crippen molar-refractivity contribution in [2.75, 3.05) is 11.9 Å². The molecule has 0 amide bonds. The first kappa shape index (κ1) is 13.5. The van der Waals surface area contributed by atoms with Crippen molar-refractivity contribution in [3.05, 3.63) is 44.6 Å². The molecule has 0 saturated carbocycles. The van der Waals surface area contributed by atoms with E-state index in [9.17, 15) is 4.39 Å². The van der Waals surface area contributed by atoms with E-state index in [1.165, 1.54) is 11.3 Å². The molecule has 0 fully saturated rings. The summed E-state index contributed by atoms with van der Waals surface area (Å²) in [6.45, 7) is 0.891. The van der Waals surface area contributed by atoms with Crippen molar-refractivity contribution < 1.29 is 4.39 Å². The van der Waals surface area contributed by atoms with Crippen molar-refractivity contribution in [2.24, 2.45) is 5.73 Å². The molecule has 0 aliphatic rings. The van der Waals surface area contributed by atoms with Gasteiger partial charge in [0.1, 0.15) is 0 Å². The monoisotopic (exact) mass is 329 g/mol. The van der Waals surface area contributed by atoms with Gasteiger partial charge in [-0.15, -0.1) is 11.3 Å². The van der Waals surface area contributed by atoms with Gasteiger partial charge in [-0.1, -0.05) is 6.07 Å². The number of anilines is 1. The van der Waals surface area contributed by atoms with Crippen molar-refractivity contribution in [1.82, 2.24) is 4.98 Å². The van der Waals surface area contributed by atoms with E-state index in [1.54, 1.807) is 11.6 Å². The molecule has 18 heavy (non-hydrogen) atoms. The standard InChI is InChI=1S/C12H13BrFN3S/c1-17(5-9-6-18-7-16-9)10-3-2-8(4-15)11(13)12(10)14/h2-3,6-7H,4-5,15H2,1H3. The molecule has 2 aromatic rings. The van der Waals surface area contributed by atoms with Gasteiger partial charge in [-0.05, 0) is 27.6 Å². The molecule has 0 bridgehead atoms. The number of aromatic nitrogens is 1. The minimum absolute atomic E-state index is 0.282. The highest BCUT2D eigenvalue weighted by Gasteiger charge is 2.14. The molecule has 0 unspecified atom stereocenters. The molecule has 0 aliphatic carbocycles. The van der Waals surface area contributed by atoms with Gasteiger partial charge >= 0.3 is 0 Å². The lowest BCUT2D eigenvalue weighted by Crippen LogP contribution is -2.18. The first-order valence-corrected chi connectivity index (χ1v) is 7.12. The van der Waals surface area contributed by atoms with Crippen molar-refractivity contribution in [2.45, 2.75) is 13.1 Å². The normalized spacial score (nSPS) is 10.7. The zero-order valence-corrected chi connectivity index (χ0v) is 12.3. The topological polar surface area (TPSA) is 42.2 Å². The van der Waals surface area contributed by atoms with Crippen LogP contribution in [0.3, 0.4) is 0 Å². The smallest absolute Gasteiger partial charge is 0.160 e. The number of thiazole rings is 1. The predicted molar refractivity (Wildman–Crippen MR) is 76.2 cm³/mol. The summed E-state index contributed by atoms with van der Waals surface area (Å²) in [5.41, 5.74) is 9.54. The summed E-state index contributed by atoms with van der Waals surface area (Å²) in [7, 11) is 1.84. The van der Waals surface area contributed by atoms with Crippen LogP contribution in [0.5, 0.6) is 0 Å². The van der Waals surface area contributed by atoms with Gasteiger partial charge in [-0.3, -0.25) is 0 Å². The van der Waals surface area contributed by atoms with Crippen LogP contribution in [-0.4, -0.2) is 12.0 Å². The van der Waals surface area contributed by atoms with Gasteiger partial charge in [0.2, 0.25) is 0 Å². The Balaban J connectivity index is 2.25. The molecule has 6 heteroatoms. The van der Waals surface area contributed by atoms with E-state index >= 15 is 0 Å². The summed E-state index contributed by atoms with van der Waals surface area (Å²) in [6.07, 6.45) is 0. The average Bonchev–Trinajstić information content (AvgIpc) is 2.85. The van der Waals surface area contributed by atoms with E-state index < -0.39 is 0 Å². The molecule has 2 rings (SSSR count). The van der Waals surface area contributed by atoms with Crippen LogP contribution in [0.4, 0.5) is 10.1 Å². The SMILES string of the molecule is CN(Cc1cscn1)c1ccc(CN)c(Br)c1F. The van der Waals surface area contributed by atoms with E-state index in [0.717, 1.165) is 11.3 Å². The maximum atomic E-state index is 14.2. The Morgan fingerprint density at radius 2 is 2.28 bits per heavy atom. The van der Waals surface area contributed by atoms with Gasteiger partial charge in [0.05, 0.1) is 27.9 Å². The first-order valence-electron chi connectivity index (χ1n) is 5.38. The van der Waals surface area contributed by atoms with Gasteiger partial charge in [0, 0.05) is 19.0 Å². The highest BCUT2D eigenvalue weighted by atomic mass is 79.9. The fourth-order valence-corrected chi connectivity index (χ4v) is 2.72. The summed E-state index contributed by atoms with van der Waals surface area (Å²) in [5, 5.41) is 1.96. The molecule has 3 nitrogen and oxygen atoms in total. The third-order valence-corrected chi connectivity index (χ3v) is 4.15. The van der Waals surface area contributed by atoms with Crippen LogP contribution in [0.1, 0.15) is 11.3 Å². The number of nitrogens with zero attached hydrogens (tertiary/aromatic N) is 2. The lowest BCUT2D eigenvalue weighted by molar-refractivity contribution is 0.612. The molecule has 1 heterocycles. The first-order chi connectivity index (χ1) is 8.63. The minimum Gasteiger partial charge on any atom is -0.366 e. The molecule has 2 N–H and O–H groups in total. The maximum Gasteiger partial charge on any atom is 0.160 e. The number of nitrogens with two attached hydrogens (primary N) is 1. The van der Waals surface area contributed by atoms with E-state index in [2.05, 4.69) is 20.9 Å². The molecule has 1 aromatic heterocycles. The molecule has 0 atom stereocenters. The fraction of sp³-hybridized carbons (Fsp3) is 0.250. The third kappa shape index (κ3) is 2.71. The zero-order valence-electron chi connectivity index (χ0n) is 9.86. The van der Waals surface area contributed by atoms with Gasteiger partial charge in [-0.2, -0.15) is 0 Å². The predicted octanol–water partition coefficient (Wildman–Crippen LogP) is 3.14. The van der Waals surface area contributed by atoms with Crippen molar-refractivity contribution in [3.8, 4) is 0 Å². The largest absolute Gasteiger partial charge is 0.366 e. The zero-order chi connectivity index (χ0) is 13.1. The summed E-state index contributed by atoms with van der Waals surface area (Å²) in [6, 6.07) is 3.58. The third-order valence-electron chi connectivity index (χ3n) is 2.66.